The van der Waals surface area contributed by atoms with Gasteiger partial charge in [0.2, 0.25) is 0 Å². The van der Waals surface area contributed by atoms with Crippen molar-refractivity contribution < 1.29 is 14.3 Å². The van der Waals surface area contributed by atoms with Crippen LogP contribution in [0.2, 0.25) is 0 Å². The second kappa shape index (κ2) is 5.80. The molecule has 0 bridgehead atoms. The Morgan fingerprint density at radius 3 is 3.06 bits per heavy atom. The highest BCUT2D eigenvalue weighted by Crippen LogP contribution is 2.28. The van der Waals surface area contributed by atoms with Crippen LogP contribution in [0.1, 0.15) is 25.7 Å². The Kier molecular flexibility index (Phi) is 4.36. The molecule has 0 aromatic carbocycles. The Morgan fingerprint density at radius 1 is 1.53 bits per heavy atom. The van der Waals surface area contributed by atoms with E-state index >= 15 is 0 Å². The number of esters is 1. The minimum absolute atomic E-state index is 0.330. The monoisotopic (exact) mass is 242 g/mol. The van der Waals surface area contributed by atoms with E-state index in [-0.39, 0.29) is 5.97 Å². The number of ether oxygens (including phenoxy) is 2. The topological polar surface area (TPSA) is 64.8 Å². The van der Waals surface area contributed by atoms with E-state index in [2.05, 4.69) is 9.64 Å². The average molecular weight is 242 g/mol. The molecule has 0 spiro atoms. The molecule has 0 aromatic heterocycles. The fourth-order valence-corrected chi connectivity index (χ4v) is 2.88. The minimum atomic E-state index is -0.541. The van der Waals surface area contributed by atoms with E-state index in [1.54, 1.807) is 0 Å². The van der Waals surface area contributed by atoms with E-state index in [0.717, 1.165) is 26.0 Å². The van der Waals surface area contributed by atoms with Gasteiger partial charge in [-0.05, 0) is 12.8 Å². The van der Waals surface area contributed by atoms with E-state index in [9.17, 15) is 4.79 Å². The second-order valence-corrected chi connectivity index (χ2v) is 4.89. The largest absolute Gasteiger partial charge is 0.468 e. The summed E-state index contributed by atoms with van der Waals surface area (Å²) >= 11 is 0. The van der Waals surface area contributed by atoms with E-state index in [1.165, 1.54) is 20.0 Å². The Bertz CT molecular complexity index is 270. The molecule has 1 saturated carbocycles. The van der Waals surface area contributed by atoms with E-state index in [1.807, 2.05) is 0 Å². The molecule has 5 nitrogen and oxygen atoms in total. The molecule has 0 radical (unpaired) electrons. The van der Waals surface area contributed by atoms with Crippen molar-refractivity contribution in [2.45, 2.75) is 43.9 Å². The van der Waals surface area contributed by atoms with Gasteiger partial charge in [-0.25, -0.2) is 0 Å². The molecule has 1 aliphatic heterocycles. The van der Waals surface area contributed by atoms with Crippen molar-refractivity contribution in [1.29, 1.82) is 0 Å². The summed E-state index contributed by atoms with van der Waals surface area (Å²) in [5.41, 5.74) is 5.82. The predicted molar refractivity (Wildman–Crippen MR) is 63.6 cm³/mol. The van der Waals surface area contributed by atoms with Gasteiger partial charge in [0.25, 0.3) is 0 Å². The van der Waals surface area contributed by atoms with E-state index in [0.29, 0.717) is 18.7 Å². The van der Waals surface area contributed by atoms with Crippen LogP contribution < -0.4 is 5.73 Å². The van der Waals surface area contributed by atoms with Crippen LogP contribution >= 0.6 is 0 Å². The first-order valence-electron chi connectivity index (χ1n) is 6.41. The number of hydrogen-bond donors (Lipinski definition) is 1. The zero-order valence-corrected chi connectivity index (χ0v) is 10.4. The van der Waals surface area contributed by atoms with Gasteiger partial charge in [-0.2, -0.15) is 0 Å². The van der Waals surface area contributed by atoms with Gasteiger partial charge in [-0.1, -0.05) is 12.8 Å². The van der Waals surface area contributed by atoms with Gasteiger partial charge in [0.15, 0.2) is 0 Å². The number of nitrogens with two attached hydrogens (primary N) is 1. The average Bonchev–Trinajstić information content (AvgIpc) is 2.38. The molecule has 17 heavy (non-hydrogen) atoms. The quantitative estimate of drug-likeness (QED) is 0.713. The van der Waals surface area contributed by atoms with E-state index in [4.69, 9.17) is 10.5 Å². The number of carbonyl (C=O) groups is 1. The molecule has 1 heterocycles. The standard InChI is InChI=1S/C12H22N2O3/c1-16-12(15)9(13)8-14-6-7-17-11-5-3-2-4-10(11)14/h9-11H,2-8,13H2,1H3. The molecule has 2 fully saturated rings. The van der Waals surface area contributed by atoms with Crippen molar-refractivity contribution in [2.24, 2.45) is 5.73 Å². The molecule has 1 aliphatic carbocycles. The van der Waals surface area contributed by atoms with Crippen LogP contribution in [0.15, 0.2) is 0 Å². The number of hydrogen-bond acceptors (Lipinski definition) is 5. The molecule has 0 amide bonds. The summed E-state index contributed by atoms with van der Waals surface area (Å²) in [6, 6.07) is -0.103. The number of rotatable bonds is 3. The zero-order chi connectivity index (χ0) is 12.3. The van der Waals surface area contributed by atoms with Crippen molar-refractivity contribution in [3.8, 4) is 0 Å². The molecular weight excluding hydrogens is 220 g/mol. The molecule has 2 rings (SSSR count). The molecule has 0 aromatic rings. The van der Waals surface area contributed by atoms with Crippen LogP contribution in [0.3, 0.4) is 0 Å². The third-order valence-electron chi connectivity index (χ3n) is 3.78. The number of carbonyl (C=O) groups excluding carboxylic acids is 1. The normalized spacial score (nSPS) is 31.6. The maximum absolute atomic E-state index is 11.3. The first-order valence-corrected chi connectivity index (χ1v) is 6.41. The molecule has 3 unspecified atom stereocenters. The molecule has 2 aliphatic rings. The Hall–Kier alpha value is -0.650. The zero-order valence-electron chi connectivity index (χ0n) is 10.4. The van der Waals surface area contributed by atoms with Crippen LogP contribution in [-0.4, -0.2) is 55.9 Å². The summed E-state index contributed by atoms with van der Waals surface area (Å²) in [6.07, 6.45) is 5.11. The molecule has 2 N–H and O–H groups in total. The summed E-state index contributed by atoms with van der Waals surface area (Å²) in [6.45, 7) is 2.19. The summed E-state index contributed by atoms with van der Waals surface area (Å²) < 4.78 is 10.4. The fourth-order valence-electron chi connectivity index (χ4n) is 2.88. The van der Waals surface area contributed by atoms with E-state index < -0.39 is 6.04 Å². The SMILES string of the molecule is COC(=O)C(N)CN1CCOC2CCCCC21. The smallest absolute Gasteiger partial charge is 0.323 e. The minimum Gasteiger partial charge on any atom is -0.468 e. The molecule has 1 saturated heterocycles. The van der Waals surface area contributed by atoms with Crippen molar-refractivity contribution in [2.75, 3.05) is 26.8 Å². The van der Waals surface area contributed by atoms with Gasteiger partial charge in [0.1, 0.15) is 6.04 Å². The van der Waals surface area contributed by atoms with Crippen LogP contribution in [0.25, 0.3) is 0 Å². The van der Waals surface area contributed by atoms with Crippen LogP contribution in [0, 0.1) is 0 Å². The van der Waals surface area contributed by atoms with Gasteiger partial charge in [0, 0.05) is 19.1 Å². The summed E-state index contributed by atoms with van der Waals surface area (Å²) in [5.74, 6) is -0.330. The van der Waals surface area contributed by atoms with Gasteiger partial charge in [-0.3, -0.25) is 9.69 Å². The van der Waals surface area contributed by atoms with Gasteiger partial charge in [-0.15, -0.1) is 0 Å². The Morgan fingerprint density at radius 2 is 2.29 bits per heavy atom. The van der Waals surface area contributed by atoms with Crippen molar-refractivity contribution in [3.05, 3.63) is 0 Å². The summed E-state index contributed by atoms with van der Waals surface area (Å²) in [4.78, 5) is 13.6. The lowest BCUT2D eigenvalue weighted by atomic mass is 9.90. The highest BCUT2D eigenvalue weighted by Gasteiger charge is 2.35. The number of fused-ring (bicyclic) bond motifs is 1. The highest BCUT2D eigenvalue weighted by molar-refractivity contribution is 5.75. The molecular formula is C12H22N2O3. The van der Waals surface area contributed by atoms with Gasteiger partial charge in [0.05, 0.1) is 19.8 Å². The lowest BCUT2D eigenvalue weighted by Gasteiger charge is -2.44. The lowest BCUT2D eigenvalue weighted by molar-refractivity contribution is -0.144. The molecule has 5 heteroatoms. The van der Waals surface area contributed by atoms with Crippen molar-refractivity contribution in [1.82, 2.24) is 4.90 Å². The van der Waals surface area contributed by atoms with Crippen LogP contribution in [0.4, 0.5) is 0 Å². The highest BCUT2D eigenvalue weighted by atomic mass is 16.5. The first kappa shape index (κ1) is 12.8. The van der Waals surface area contributed by atoms with Gasteiger partial charge >= 0.3 is 5.97 Å². The predicted octanol–water partition coefficient (Wildman–Crippen LogP) is 0.130. The first-order chi connectivity index (χ1) is 8.22. The van der Waals surface area contributed by atoms with Crippen molar-refractivity contribution >= 4 is 5.97 Å². The molecule has 3 atom stereocenters. The summed E-state index contributed by atoms with van der Waals surface area (Å²) in [7, 11) is 1.38. The van der Waals surface area contributed by atoms with Gasteiger partial charge < -0.3 is 15.2 Å². The Balaban J connectivity index is 1.92. The van der Waals surface area contributed by atoms with Crippen LogP contribution in [0.5, 0.6) is 0 Å². The second-order valence-electron chi connectivity index (χ2n) is 4.89. The van der Waals surface area contributed by atoms with Crippen LogP contribution in [-0.2, 0) is 14.3 Å². The van der Waals surface area contributed by atoms with Crippen molar-refractivity contribution in [3.63, 3.8) is 0 Å². The fraction of sp³-hybridized carbons (Fsp3) is 0.917. The number of methoxy groups -OCH3 is 1. The maximum atomic E-state index is 11.3. The third kappa shape index (κ3) is 2.97. The Labute approximate surface area is 102 Å². The maximum Gasteiger partial charge on any atom is 0.323 e. The lowest BCUT2D eigenvalue weighted by Crippen LogP contribution is -2.56. The number of nitrogens with zero attached hydrogens (tertiary/aromatic N) is 1. The molecule has 98 valence electrons. The summed E-state index contributed by atoms with van der Waals surface area (Å²) in [5, 5.41) is 0. The third-order valence-corrected chi connectivity index (χ3v) is 3.78. The number of morpholine rings is 1.